The third-order valence-corrected chi connectivity index (χ3v) is 1.79. The van der Waals surface area contributed by atoms with Crippen LogP contribution in [0.3, 0.4) is 0 Å². The third kappa shape index (κ3) is 2.23. The van der Waals surface area contributed by atoms with E-state index in [1.54, 1.807) is 0 Å². The maximum Gasteiger partial charge on any atom is 0.357 e. The second-order valence-electron chi connectivity index (χ2n) is 2.70. The Kier molecular flexibility index (Phi) is 3.70. The van der Waals surface area contributed by atoms with E-state index in [-0.39, 0.29) is 5.88 Å². The summed E-state index contributed by atoms with van der Waals surface area (Å²) in [5.41, 5.74) is -1.87. The van der Waals surface area contributed by atoms with Crippen LogP contribution in [0.1, 0.15) is 22.5 Å². The van der Waals surface area contributed by atoms with Crippen molar-refractivity contribution in [1.82, 2.24) is 4.98 Å². The molecule has 0 aromatic carbocycles. The molecule has 0 N–H and O–H groups in total. The average molecular weight is 235 g/mol. The van der Waals surface area contributed by atoms with Crippen LogP contribution in [0, 0.1) is 5.82 Å². The lowest BCUT2D eigenvalue weighted by molar-refractivity contribution is 0.0578. The van der Waals surface area contributed by atoms with Crippen molar-refractivity contribution in [1.29, 1.82) is 0 Å². The van der Waals surface area contributed by atoms with Crippen LogP contribution in [0.15, 0.2) is 6.07 Å². The largest absolute Gasteiger partial charge is 0.481 e. The SMILES string of the molecule is COC(=O)c1nc(OC)cc(F)c1C(F)F. The molecule has 0 saturated carbocycles. The molecule has 0 saturated heterocycles. The maximum atomic E-state index is 13.2. The van der Waals surface area contributed by atoms with E-state index in [0.29, 0.717) is 6.07 Å². The van der Waals surface area contributed by atoms with Gasteiger partial charge in [-0.15, -0.1) is 0 Å². The lowest BCUT2D eigenvalue weighted by Gasteiger charge is -2.09. The van der Waals surface area contributed by atoms with Gasteiger partial charge in [0.15, 0.2) is 5.69 Å². The summed E-state index contributed by atoms with van der Waals surface area (Å²) in [6.07, 6.45) is -3.16. The molecule has 4 nitrogen and oxygen atoms in total. The molecule has 0 aliphatic heterocycles. The fourth-order valence-electron chi connectivity index (χ4n) is 1.07. The lowest BCUT2D eigenvalue weighted by Crippen LogP contribution is -2.12. The fraction of sp³-hybridized carbons (Fsp3) is 0.333. The van der Waals surface area contributed by atoms with Crippen molar-refractivity contribution in [2.45, 2.75) is 6.43 Å². The van der Waals surface area contributed by atoms with Gasteiger partial charge in [0.25, 0.3) is 6.43 Å². The molecule has 0 unspecified atom stereocenters. The first-order chi connectivity index (χ1) is 7.51. The van der Waals surface area contributed by atoms with Crippen molar-refractivity contribution in [3.8, 4) is 5.88 Å². The van der Waals surface area contributed by atoms with Crippen LogP contribution in [0.5, 0.6) is 5.88 Å². The molecule has 0 amide bonds. The van der Waals surface area contributed by atoms with Crippen molar-refractivity contribution in [2.24, 2.45) is 0 Å². The summed E-state index contributed by atoms with van der Waals surface area (Å²) in [6.45, 7) is 0. The third-order valence-electron chi connectivity index (χ3n) is 1.79. The van der Waals surface area contributed by atoms with E-state index in [1.807, 2.05) is 0 Å². The van der Waals surface area contributed by atoms with Crippen LogP contribution >= 0.6 is 0 Å². The Morgan fingerprint density at radius 1 is 1.44 bits per heavy atom. The molecule has 1 heterocycles. The number of carbonyl (C=O) groups is 1. The molecule has 0 aliphatic carbocycles. The Labute approximate surface area is 89.0 Å². The second kappa shape index (κ2) is 4.82. The van der Waals surface area contributed by atoms with Crippen molar-refractivity contribution < 1.29 is 27.4 Å². The van der Waals surface area contributed by atoms with E-state index >= 15 is 0 Å². The Morgan fingerprint density at radius 2 is 2.06 bits per heavy atom. The van der Waals surface area contributed by atoms with E-state index < -0.39 is 29.5 Å². The minimum Gasteiger partial charge on any atom is -0.481 e. The van der Waals surface area contributed by atoms with Crippen molar-refractivity contribution in [2.75, 3.05) is 14.2 Å². The maximum absolute atomic E-state index is 13.2. The Morgan fingerprint density at radius 3 is 2.50 bits per heavy atom. The fourth-order valence-corrected chi connectivity index (χ4v) is 1.07. The van der Waals surface area contributed by atoms with E-state index in [1.165, 1.54) is 7.11 Å². The van der Waals surface area contributed by atoms with Gasteiger partial charge in [-0.05, 0) is 0 Å². The van der Waals surface area contributed by atoms with Crippen LogP contribution in [0.2, 0.25) is 0 Å². The van der Waals surface area contributed by atoms with Gasteiger partial charge in [-0.3, -0.25) is 0 Å². The molecular weight excluding hydrogens is 227 g/mol. The number of aromatic nitrogens is 1. The first-order valence-corrected chi connectivity index (χ1v) is 4.12. The van der Waals surface area contributed by atoms with Crippen molar-refractivity contribution >= 4 is 5.97 Å². The topological polar surface area (TPSA) is 48.4 Å². The first-order valence-electron chi connectivity index (χ1n) is 4.12. The van der Waals surface area contributed by atoms with Gasteiger partial charge in [0.05, 0.1) is 19.8 Å². The van der Waals surface area contributed by atoms with Gasteiger partial charge in [-0.25, -0.2) is 22.9 Å². The summed E-state index contributed by atoms with van der Waals surface area (Å²) in [4.78, 5) is 14.5. The van der Waals surface area contributed by atoms with Crippen LogP contribution in [-0.4, -0.2) is 25.2 Å². The van der Waals surface area contributed by atoms with E-state index in [4.69, 9.17) is 0 Å². The summed E-state index contributed by atoms with van der Waals surface area (Å²) >= 11 is 0. The zero-order chi connectivity index (χ0) is 12.3. The highest BCUT2D eigenvalue weighted by Crippen LogP contribution is 2.27. The number of hydrogen-bond acceptors (Lipinski definition) is 4. The monoisotopic (exact) mass is 235 g/mol. The van der Waals surface area contributed by atoms with Gasteiger partial charge in [0.2, 0.25) is 5.88 Å². The number of ether oxygens (including phenoxy) is 2. The molecule has 0 radical (unpaired) electrons. The Balaban J connectivity index is 3.40. The summed E-state index contributed by atoms with van der Waals surface area (Å²) in [7, 11) is 2.15. The van der Waals surface area contributed by atoms with Gasteiger partial charge in [-0.1, -0.05) is 0 Å². The highest BCUT2D eigenvalue weighted by Gasteiger charge is 2.26. The van der Waals surface area contributed by atoms with Crippen LogP contribution in [0.4, 0.5) is 13.2 Å². The summed E-state index contributed by atoms with van der Waals surface area (Å²) in [6, 6.07) is 0.675. The summed E-state index contributed by atoms with van der Waals surface area (Å²) < 4.78 is 47.0. The zero-order valence-electron chi connectivity index (χ0n) is 8.46. The summed E-state index contributed by atoms with van der Waals surface area (Å²) in [5.74, 6) is -2.68. The molecule has 0 bridgehead atoms. The predicted molar refractivity (Wildman–Crippen MR) is 47.0 cm³/mol. The lowest BCUT2D eigenvalue weighted by atomic mass is 10.2. The van der Waals surface area contributed by atoms with Crippen LogP contribution < -0.4 is 4.74 Å². The van der Waals surface area contributed by atoms with E-state index in [9.17, 15) is 18.0 Å². The molecule has 1 rings (SSSR count). The molecule has 0 spiro atoms. The number of alkyl halides is 2. The highest BCUT2D eigenvalue weighted by molar-refractivity contribution is 5.89. The molecule has 88 valence electrons. The highest BCUT2D eigenvalue weighted by atomic mass is 19.3. The quantitative estimate of drug-likeness (QED) is 0.751. The standard InChI is InChI=1S/C9H8F3NO3/c1-15-5-3-4(10)6(8(11)12)7(13-5)9(14)16-2/h3,8H,1-2H3. The van der Waals surface area contributed by atoms with E-state index in [0.717, 1.165) is 7.11 Å². The van der Waals surface area contributed by atoms with Crippen molar-refractivity contribution in [3.05, 3.63) is 23.1 Å². The molecule has 0 fully saturated rings. The molecule has 1 aromatic heterocycles. The van der Waals surface area contributed by atoms with Gasteiger partial charge in [0.1, 0.15) is 5.82 Å². The van der Waals surface area contributed by atoms with Crippen LogP contribution in [-0.2, 0) is 4.74 Å². The van der Waals surface area contributed by atoms with Crippen molar-refractivity contribution in [3.63, 3.8) is 0 Å². The number of hydrogen-bond donors (Lipinski definition) is 0. The molecule has 0 aliphatic rings. The molecule has 16 heavy (non-hydrogen) atoms. The average Bonchev–Trinajstić information content (AvgIpc) is 2.26. The second-order valence-corrected chi connectivity index (χ2v) is 2.70. The normalized spacial score (nSPS) is 10.4. The minimum absolute atomic E-state index is 0.276. The smallest absolute Gasteiger partial charge is 0.357 e. The summed E-state index contributed by atoms with van der Waals surface area (Å²) in [5, 5.41) is 0. The van der Waals surface area contributed by atoms with Gasteiger partial charge < -0.3 is 9.47 Å². The number of pyridine rings is 1. The number of esters is 1. The molecule has 0 atom stereocenters. The van der Waals surface area contributed by atoms with Crippen LogP contribution in [0.25, 0.3) is 0 Å². The molecular formula is C9H8F3NO3. The first kappa shape index (κ1) is 12.3. The minimum atomic E-state index is -3.16. The predicted octanol–water partition coefficient (Wildman–Crippen LogP) is 1.95. The van der Waals surface area contributed by atoms with E-state index in [2.05, 4.69) is 14.5 Å². The van der Waals surface area contributed by atoms with Gasteiger partial charge >= 0.3 is 5.97 Å². The van der Waals surface area contributed by atoms with Gasteiger partial charge in [-0.2, -0.15) is 0 Å². The Bertz CT molecular complexity index is 409. The number of carbonyl (C=O) groups excluding carboxylic acids is 1. The number of rotatable bonds is 3. The molecule has 1 aromatic rings. The number of halogens is 3. The zero-order valence-corrected chi connectivity index (χ0v) is 8.46. The Hall–Kier alpha value is -1.79. The number of nitrogens with zero attached hydrogens (tertiary/aromatic N) is 1. The number of methoxy groups -OCH3 is 2. The molecule has 7 heteroatoms. The van der Waals surface area contributed by atoms with Gasteiger partial charge in [0, 0.05) is 6.07 Å².